The number of carbonyl (C=O) groups excluding carboxylic acids is 12. The number of hydrogen-bond acceptors (Lipinski definition) is 14. The van der Waals surface area contributed by atoms with Gasteiger partial charge >= 0.3 is 11.9 Å². The molecule has 0 radical (unpaired) electrons. The second kappa shape index (κ2) is 31.3. The molecule has 1 aromatic rings. The number of fused-ring (bicyclic) bond motifs is 2. The Balaban J connectivity index is 1.88. The fourth-order valence-corrected chi connectivity index (χ4v) is 10.8. The topological polar surface area (TPSA) is 314 Å². The van der Waals surface area contributed by atoms with E-state index in [0.29, 0.717) is 37.7 Å². The molecule has 0 spiro atoms. The van der Waals surface area contributed by atoms with Gasteiger partial charge in [0.15, 0.2) is 6.10 Å². The number of cyclic esters (lactones) is 1. The van der Waals surface area contributed by atoms with Crippen LogP contribution in [0.2, 0.25) is 0 Å². The number of amides is 10. The SMILES string of the molecule is CC[C@H](C)[C@@H]1NC(=O)[C@H](CCC(N)=O)N(C)C(=O)[C@@H](C(C)C)N(C)C(=O)CNC(=O)[C@@H]2CCCN2C(=O)[C@H](Cc2ccccc2)NC(=O)[C@@H]([C@@H](C)CC)OC(=O)[C@H](CCC(=O)OC)N(C)C(=O)[C@H](C(C)C)NC(=O)[C@@H]2CCCCN2C1=O. The van der Waals surface area contributed by atoms with Crippen molar-refractivity contribution in [2.45, 2.75) is 187 Å². The fraction of sp³-hybridized carbons (Fsp3) is 0.690. The summed E-state index contributed by atoms with van der Waals surface area (Å²) >= 11 is 0. The number of methoxy groups -OCH3 is 1. The molecule has 3 saturated heterocycles. The van der Waals surface area contributed by atoms with Crippen molar-refractivity contribution < 1.29 is 67.0 Å². The molecule has 0 aliphatic carbocycles. The van der Waals surface area contributed by atoms with E-state index in [-0.39, 0.29) is 58.0 Å². The van der Waals surface area contributed by atoms with Crippen molar-refractivity contribution in [3.05, 3.63) is 35.9 Å². The van der Waals surface area contributed by atoms with Crippen LogP contribution in [0, 0.1) is 23.7 Å². The summed E-state index contributed by atoms with van der Waals surface area (Å²) in [5.41, 5.74) is 6.22. The average molecular weight is 1150 g/mol. The van der Waals surface area contributed by atoms with E-state index in [1.165, 1.54) is 30.9 Å². The summed E-state index contributed by atoms with van der Waals surface area (Å²) in [6.45, 7) is 13.3. The quantitative estimate of drug-likeness (QED) is 0.164. The maximum Gasteiger partial charge on any atom is 0.329 e. The van der Waals surface area contributed by atoms with Crippen LogP contribution in [0.3, 0.4) is 0 Å². The van der Waals surface area contributed by atoms with Gasteiger partial charge < -0.3 is 61.0 Å². The zero-order chi connectivity index (χ0) is 61.3. The van der Waals surface area contributed by atoms with Gasteiger partial charge in [-0.2, -0.15) is 0 Å². The second-order valence-electron chi connectivity index (χ2n) is 22.8. The number of likely N-dealkylation sites (N-methyl/N-ethyl adjacent to an activating group) is 3. The van der Waals surface area contributed by atoms with E-state index in [1.807, 2.05) is 6.92 Å². The predicted molar refractivity (Wildman–Crippen MR) is 301 cm³/mol. The average Bonchev–Trinajstić information content (AvgIpc) is 3.98. The Hall–Kier alpha value is -7.14. The maximum atomic E-state index is 14.9. The Morgan fingerprint density at radius 1 is 0.634 bits per heavy atom. The number of nitrogens with two attached hydrogens (primary N) is 1. The van der Waals surface area contributed by atoms with Crippen LogP contribution in [0.1, 0.15) is 132 Å². The highest BCUT2D eigenvalue weighted by Gasteiger charge is 2.45. The minimum atomic E-state index is -1.55. The molecule has 11 atom stereocenters. The van der Waals surface area contributed by atoms with E-state index >= 15 is 0 Å². The molecule has 3 aliphatic heterocycles. The third-order valence-electron chi connectivity index (χ3n) is 16.3. The van der Waals surface area contributed by atoms with Crippen LogP contribution < -0.4 is 27.0 Å². The summed E-state index contributed by atoms with van der Waals surface area (Å²) in [5, 5.41) is 11.1. The van der Waals surface area contributed by atoms with Gasteiger partial charge in [-0.25, -0.2) is 4.79 Å². The molecule has 456 valence electrons. The largest absolute Gasteiger partial charge is 0.469 e. The Morgan fingerprint density at radius 2 is 1.21 bits per heavy atom. The van der Waals surface area contributed by atoms with Gasteiger partial charge in [0.05, 0.1) is 13.7 Å². The Kier molecular flexibility index (Phi) is 25.7. The lowest BCUT2D eigenvalue weighted by Gasteiger charge is -2.40. The highest BCUT2D eigenvalue weighted by molar-refractivity contribution is 5.99. The summed E-state index contributed by atoms with van der Waals surface area (Å²) in [6, 6.07) is -1.42. The van der Waals surface area contributed by atoms with Gasteiger partial charge in [0.1, 0.15) is 48.3 Å². The van der Waals surface area contributed by atoms with Crippen molar-refractivity contribution in [1.82, 2.24) is 45.8 Å². The molecular weight excluding hydrogens is 1060 g/mol. The summed E-state index contributed by atoms with van der Waals surface area (Å²) in [7, 11) is 5.18. The molecule has 3 aliphatic rings. The third-order valence-corrected chi connectivity index (χ3v) is 16.3. The Bertz CT molecular complexity index is 2460. The van der Waals surface area contributed by atoms with Crippen LogP contribution in [0.15, 0.2) is 30.3 Å². The van der Waals surface area contributed by atoms with Crippen LogP contribution in [0.4, 0.5) is 0 Å². The maximum absolute atomic E-state index is 14.9. The van der Waals surface area contributed by atoms with Gasteiger partial charge in [0.25, 0.3) is 5.91 Å². The van der Waals surface area contributed by atoms with Crippen LogP contribution in [0.25, 0.3) is 0 Å². The number of primary amides is 1. The number of benzene rings is 1. The lowest BCUT2D eigenvalue weighted by atomic mass is 9.93. The molecule has 24 nitrogen and oxygen atoms in total. The summed E-state index contributed by atoms with van der Waals surface area (Å²) in [4.78, 5) is 177. The monoisotopic (exact) mass is 1150 g/mol. The van der Waals surface area contributed by atoms with Crippen molar-refractivity contribution in [1.29, 1.82) is 0 Å². The van der Waals surface area contributed by atoms with Gasteiger partial charge in [-0.05, 0) is 74.7 Å². The van der Waals surface area contributed by atoms with E-state index in [4.69, 9.17) is 15.2 Å². The van der Waals surface area contributed by atoms with E-state index in [1.54, 1.807) is 78.8 Å². The van der Waals surface area contributed by atoms with Crippen molar-refractivity contribution >= 4 is 71.0 Å². The summed E-state index contributed by atoms with van der Waals surface area (Å²) in [6.07, 6.45) is -0.386. The van der Waals surface area contributed by atoms with Gasteiger partial charge in [-0.3, -0.25) is 52.7 Å². The van der Waals surface area contributed by atoms with E-state index < -0.39 is 156 Å². The zero-order valence-electron chi connectivity index (χ0n) is 50.0. The number of ether oxygens (including phenoxy) is 2. The number of rotatable bonds is 14. The minimum Gasteiger partial charge on any atom is -0.469 e. The van der Waals surface area contributed by atoms with E-state index in [0.717, 1.165) is 21.8 Å². The number of esters is 2. The van der Waals surface area contributed by atoms with Crippen LogP contribution in [-0.4, -0.2) is 198 Å². The van der Waals surface area contributed by atoms with Crippen molar-refractivity contribution in [3.63, 3.8) is 0 Å². The van der Waals surface area contributed by atoms with Gasteiger partial charge in [-0.1, -0.05) is 92.1 Å². The Labute approximate surface area is 482 Å². The number of nitrogens with zero attached hydrogens (tertiary/aromatic N) is 5. The molecule has 0 bridgehead atoms. The first-order valence-electron chi connectivity index (χ1n) is 28.9. The lowest BCUT2D eigenvalue weighted by molar-refractivity contribution is -0.167. The normalized spacial score (nSPS) is 26.8. The van der Waals surface area contributed by atoms with E-state index in [9.17, 15) is 57.5 Å². The minimum absolute atomic E-state index is 0.0443. The molecule has 3 fully saturated rings. The van der Waals surface area contributed by atoms with Crippen molar-refractivity contribution in [2.75, 3.05) is 47.9 Å². The number of carbonyl (C=O) groups is 12. The molecule has 0 aromatic heterocycles. The van der Waals surface area contributed by atoms with Gasteiger partial charge in [0.2, 0.25) is 53.2 Å². The number of piperidine rings is 1. The van der Waals surface area contributed by atoms with E-state index in [2.05, 4.69) is 21.3 Å². The Morgan fingerprint density at radius 3 is 1.80 bits per heavy atom. The fourth-order valence-electron chi connectivity index (χ4n) is 10.8. The van der Waals surface area contributed by atoms with Gasteiger partial charge in [0, 0.05) is 59.4 Å². The first-order chi connectivity index (χ1) is 38.7. The summed E-state index contributed by atoms with van der Waals surface area (Å²) < 4.78 is 10.9. The highest BCUT2D eigenvalue weighted by Crippen LogP contribution is 2.26. The van der Waals surface area contributed by atoms with Crippen LogP contribution >= 0.6 is 0 Å². The molecule has 0 unspecified atom stereocenters. The van der Waals surface area contributed by atoms with Gasteiger partial charge in [-0.15, -0.1) is 0 Å². The third kappa shape index (κ3) is 17.4. The molecule has 1 aromatic carbocycles. The van der Waals surface area contributed by atoms with Crippen LogP contribution in [-0.2, 0) is 73.4 Å². The molecule has 0 saturated carbocycles. The lowest BCUT2D eigenvalue weighted by Crippen LogP contribution is -2.63. The first-order valence-corrected chi connectivity index (χ1v) is 28.9. The predicted octanol–water partition coefficient (Wildman–Crippen LogP) is 1.20. The number of nitrogens with one attached hydrogen (secondary N) is 4. The molecule has 6 N–H and O–H groups in total. The standard InChI is InChI=1S/C58H90N10O14/c1-13-35(7)47-56(78)68-29-19-18-23-41(68)52(74)62-46(33(3)4)55(77)65(10)42(26-28-45(71)81-12)58(80)82-49(36(8)14-2)53(75)61-38(31-37-21-16-15-17-22-37)54(76)67-30-20-24-40(67)50(72)60-32-44(70)66(11)48(34(5)6)57(79)64(9)39(51(73)63-47)25-27-43(59)69/h15-17,21-22,33-36,38-42,46-49H,13-14,18-20,23-32H2,1-12H3,(H2,59,69)(H,60,72)(H,61,75)(H,62,74)(H,63,73)/t35-,36-,38-,39-,40-,41-,42-,46-,47-,48+,49+/m0/s1. The summed E-state index contributed by atoms with van der Waals surface area (Å²) in [5.74, 6) is -11.3. The number of hydrogen-bond donors (Lipinski definition) is 5. The molecule has 24 heteroatoms. The first kappa shape index (κ1) is 67.4. The highest BCUT2D eigenvalue weighted by atomic mass is 16.6. The smallest absolute Gasteiger partial charge is 0.329 e. The zero-order valence-corrected chi connectivity index (χ0v) is 50.0. The molecule has 4 rings (SSSR count). The molecule has 82 heavy (non-hydrogen) atoms. The van der Waals surface area contributed by atoms with Crippen LogP contribution in [0.5, 0.6) is 0 Å². The van der Waals surface area contributed by atoms with Crippen molar-refractivity contribution in [3.8, 4) is 0 Å². The second-order valence-corrected chi connectivity index (χ2v) is 22.8. The molecule has 3 heterocycles. The molecule has 10 amide bonds. The molecular formula is C58H90N10O14. The van der Waals surface area contributed by atoms with Crippen molar-refractivity contribution in [2.24, 2.45) is 29.4 Å².